The summed E-state index contributed by atoms with van der Waals surface area (Å²) in [5.41, 5.74) is 2.85. The van der Waals surface area contributed by atoms with E-state index in [0.29, 0.717) is 0 Å². The highest BCUT2D eigenvalue weighted by Gasteiger charge is 2.08. The smallest absolute Gasteiger partial charge is 0.188 e. The van der Waals surface area contributed by atoms with E-state index in [1.54, 1.807) is 0 Å². The molecule has 0 aliphatic heterocycles. The standard InChI is InChI=1S/C13H16O/c1-4-11(5-2)13(14)12-8-6-10(3)7-9-12/h4,6-9H,5H2,1-3H3/b11-4+. The number of benzene rings is 1. The van der Waals surface area contributed by atoms with Gasteiger partial charge in [0, 0.05) is 5.56 Å². The van der Waals surface area contributed by atoms with Gasteiger partial charge in [0.05, 0.1) is 0 Å². The average Bonchev–Trinajstić information content (AvgIpc) is 2.20. The summed E-state index contributed by atoms with van der Waals surface area (Å²) in [5.74, 6) is 0.148. The summed E-state index contributed by atoms with van der Waals surface area (Å²) in [6.45, 7) is 5.93. The lowest BCUT2D eigenvalue weighted by Crippen LogP contribution is -2.02. The van der Waals surface area contributed by atoms with Crippen LogP contribution in [0.3, 0.4) is 0 Å². The van der Waals surface area contributed by atoms with E-state index in [9.17, 15) is 4.79 Å². The molecule has 0 saturated heterocycles. The van der Waals surface area contributed by atoms with Crippen molar-refractivity contribution in [2.75, 3.05) is 0 Å². The van der Waals surface area contributed by atoms with Crippen LogP contribution in [0.5, 0.6) is 0 Å². The van der Waals surface area contributed by atoms with Gasteiger partial charge in [-0.3, -0.25) is 4.79 Å². The molecule has 0 saturated carbocycles. The second-order valence-electron chi connectivity index (χ2n) is 3.36. The molecule has 0 spiro atoms. The molecule has 74 valence electrons. The Balaban J connectivity index is 2.95. The van der Waals surface area contributed by atoms with Crippen molar-refractivity contribution in [1.29, 1.82) is 0 Å². The second kappa shape index (κ2) is 4.75. The summed E-state index contributed by atoms with van der Waals surface area (Å²) < 4.78 is 0. The van der Waals surface area contributed by atoms with Crippen molar-refractivity contribution in [3.63, 3.8) is 0 Å². The molecular formula is C13H16O. The molecule has 0 unspecified atom stereocenters. The first-order valence-electron chi connectivity index (χ1n) is 4.95. The Labute approximate surface area is 85.5 Å². The molecule has 1 heteroatoms. The molecule has 1 rings (SSSR count). The Hall–Kier alpha value is -1.37. The predicted molar refractivity (Wildman–Crippen MR) is 59.6 cm³/mol. The van der Waals surface area contributed by atoms with Crippen molar-refractivity contribution >= 4 is 5.78 Å². The highest BCUT2D eigenvalue weighted by Crippen LogP contribution is 2.12. The number of ketones is 1. The first kappa shape index (κ1) is 10.7. The molecule has 0 aliphatic rings. The third kappa shape index (κ3) is 2.32. The maximum Gasteiger partial charge on any atom is 0.188 e. The van der Waals surface area contributed by atoms with Gasteiger partial charge in [-0.2, -0.15) is 0 Å². The van der Waals surface area contributed by atoms with Gasteiger partial charge < -0.3 is 0 Å². The minimum atomic E-state index is 0.148. The SMILES string of the molecule is C/C=C(\CC)C(=O)c1ccc(C)cc1. The summed E-state index contributed by atoms with van der Waals surface area (Å²) in [6.07, 6.45) is 2.69. The number of carbonyl (C=O) groups is 1. The van der Waals surface area contributed by atoms with E-state index in [2.05, 4.69) is 0 Å². The van der Waals surface area contributed by atoms with E-state index in [1.165, 1.54) is 5.56 Å². The predicted octanol–water partition coefficient (Wildman–Crippen LogP) is 3.53. The van der Waals surface area contributed by atoms with Crippen molar-refractivity contribution in [2.45, 2.75) is 27.2 Å². The number of rotatable bonds is 3. The van der Waals surface area contributed by atoms with Crippen molar-refractivity contribution < 1.29 is 4.79 Å². The lowest BCUT2D eigenvalue weighted by atomic mass is 10.0. The zero-order valence-corrected chi connectivity index (χ0v) is 9.00. The number of carbonyl (C=O) groups excluding carboxylic acids is 1. The van der Waals surface area contributed by atoms with Crippen molar-refractivity contribution in [1.82, 2.24) is 0 Å². The number of Topliss-reactive ketones (excluding diaryl/α,β-unsaturated/α-hetero) is 1. The van der Waals surface area contributed by atoms with Gasteiger partial charge in [-0.05, 0) is 25.8 Å². The number of aryl methyl sites for hydroxylation is 1. The van der Waals surface area contributed by atoms with Crippen LogP contribution in [0.4, 0.5) is 0 Å². The molecule has 0 aliphatic carbocycles. The zero-order valence-electron chi connectivity index (χ0n) is 9.00. The van der Waals surface area contributed by atoms with Gasteiger partial charge in [0.15, 0.2) is 5.78 Å². The van der Waals surface area contributed by atoms with Crippen LogP contribution in [0.15, 0.2) is 35.9 Å². The van der Waals surface area contributed by atoms with Crippen LogP contribution in [0.1, 0.15) is 36.2 Å². The van der Waals surface area contributed by atoms with Gasteiger partial charge in [0.25, 0.3) is 0 Å². The minimum absolute atomic E-state index is 0.148. The highest BCUT2D eigenvalue weighted by molar-refractivity contribution is 6.08. The van der Waals surface area contributed by atoms with Crippen molar-refractivity contribution in [2.24, 2.45) is 0 Å². The lowest BCUT2D eigenvalue weighted by molar-refractivity contribution is 0.103. The Morgan fingerprint density at radius 1 is 1.29 bits per heavy atom. The monoisotopic (exact) mass is 188 g/mol. The van der Waals surface area contributed by atoms with E-state index >= 15 is 0 Å². The van der Waals surface area contributed by atoms with E-state index in [0.717, 1.165) is 17.6 Å². The fourth-order valence-corrected chi connectivity index (χ4v) is 1.39. The molecule has 1 nitrogen and oxygen atoms in total. The molecule has 0 amide bonds. The van der Waals surface area contributed by atoms with Crippen molar-refractivity contribution in [3.8, 4) is 0 Å². The molecule has 0 bridgehead atoms. The maximum atomic E-state index is 11.8. The molecule has 0 N–H and O–H groups in total. The fourth-order valence-electron chi connectivity index (χ4n) is 1.39. The van der Waals surface area contributed by atoms with Crippen LogP contribution in [0, 0.1) is 6.92 Å². The summed E-state index contributed by atoms with van der Waals surface area (Å²) in [4.78, 5) is 11.8. The summed E-state index contributed by atoms with van der Waals surface area (Å²) >= 11 is 0. The summed E-state index contributed by atoms with van der Waals surface area (Å²) in [7, 11) is 0. The molecule has 0 fully saturated rings. The van der Waals surface area contributed by atoms with Gasteiger partial charge in [-0.25, -0.2) is 0 Å². The third-order valence-corrected chi connectivity index (χ3v) is 2.33. The Bertz CT molecular complexity index is 344. The van der Waals surface area contributed by atoms with E-state index < -0.39 is 0 Å². The molecule has 1 aromatic rings. The van der Waals surface area contributed by atoms with Crippen LogP contribution in [0.25, 0.3) is 0 Å². The second-order valence-corrected chi connectivity index (χ2v) is 3.36. The van der Waals surface area contributed by atoms with Crippen LogP contribution < -0.4 is 0 Å². The highest BCUT2D eigenvalue weighted by atomic mass is 16.1. The third-order valence-electron chi connectivity index (χ3n) is 2.33. The van der Waals surface area contributed by atoms with Gasteiger partial charge in [0.1, 0.15) is 0 Å². The summed E-state index contributed by atoms with van der Waals surface area (Å²) in [6, 6.07) is 7.71. The van der Waals surface area contributed by atoms with E-state index in [4.69, 9.17) is 0 Å². The van der Waals surface area contributed by atoms with Gasteiger partial charge in [0.2, 0.25) is 0 Å². The van der Waals surface area contributed by atoms with Crippen LogP contribution in [-0.2, 0) is 0 Å². The molecule has 0 heterocycles. The topological polar surface area (TPSA) is 17.1 Å². The Kier molecular flexibility index (Phi) is 3.63. The number of hydrogen-bond acceptors (Lipinski definition) is 1. The molecular weight excluding hydrogens is 172 g/mol. The number of allylic oxidation sites excluding steroid dienone is 2. The molecule has 0 radical (unpaired) electrons. The molecule has 1 aromatic carbocycles. The Morgan fingerprint density at radius 2 is 1.86 bits per heavy atom. The van der Waals surface area contributed by atoms with Gasteiger partial charge >= 0.3 is 0 Å². The largest absolute Gasteiger partial charge is 0.289 e. The van der Waals surface area contributed by atoms with Gasteiger partial charge in [-0.1, -0.05) is 42.8 Å². The van der Waals surface area contributed by atoms with Crippen LogP contribution >= 0.6 is 0 Å². The molecule has 14 heavy (non-hydrogen) atoms. The van der Waals surface area contributed by atoms with Crippen LogP contribution in [-0.4, -0.2) is 5.78 Å². The van der Waals surface area contributed by atoms with Gasteiger partial charge in [-0.15, -0.1) is 0 Å². The van der Waals surface area contributed by atoms with Crippen LogP contribution in [0.2, 0.25) is 0 Å². The minimum Gasteiger partial charge on any atom is -0.289 e. The quantitative estimate of drug-likeness (QED) is 0.524. The van der Waals surface area contributed by atoms with Crippen molar-refractivity contribution in [3.05, 3.63) is 47.0 Å². The molecule has 0 aromatic heterocycles. The normalized spacial score (nSPS) is 11.5. The molecule has 0 atom stereocenters. The first-order valence-corrected chi connectivity index (χ1v) is 4.95. The number of hydrogen-bond donors (Lipinski definition) is 0. The fraction of sp³-hybridized carbons (Fsp3) is 0.308. The summed E-state index contributed by atoms with van der Waals surface area (Å²) in [5, 5.41) is 0. The van der Waals surface area contributed by atoms with E-state index in [-0.39, 0.29) is 5.78 Å². The lowest BCUT2D eigenvalue weighted by Gasteiger charge is -2.03. The zero-order chi connectivity index (χ0) is 10.6. The Morgan fingerprint density at radius 3 is 2.29 bits per heavy atom. The average molecular weight is 188 g/mol. The first-order chi connectivity index (χ1) is 6.69. The van der Waals surface area contributed by atoms with E-state index in [1.807, 2.05) is 51.1 Å². The maximum absolute atomic E-state index is 11.8.